The Balaban J connectivity index is 1.72. The number of alkyl carbamates (subject to hydrolysis) is 1. The fraction of sp³-hybridized carbons (Fsp3) is 0.600. The van der Waals surface area contributed by atoms with Gasteiger partial charge in [0.15, 0.2) is 0 Å². The van der Waals surface area contributed by atoms with Crippen molar-refractivity contribution in [1.82, 2.24) is 15.5 Å². The highest BCUT2D eigenvalue weighted by atomic mass is 16.6. The normalized spacial score (nSPS) is 16.5. The van der Waals surface area contributed by atoms with E-state index in [0.717, 1.165) is 5.56 Å². The van der Waals surface area contributed by atoms with E-state index in [9.17, 15) is 14.7 Å². The number of benzene rings is 1. The molecule has 0 radical (unpaired) electrons. The third-order valence-corrected chi connectivity index (χ3v) is 4.35. The number of urea groups is 1. The van der Waals surface area contributed by atoms with Gasteiger partial charge in [0.05, 0.1) is 0 Å². The molecular formula is C20H31N3O4. The third-order valence-electron chi connectivity index (χ3n) is 4.35. The zero-order valence-corrected chi connectivity index (χ0v) is 16.6. The van der Waals surface area contributed by atoms with Crippen LogP contribution in [0.1, 0.15) is 46.1 Å². The van der Waals surface area contributed by atoms with Crippen LogP contribution in [0.5, 0.6) is 5.75 Å². The molecule has 1 aliphatic heterocycles. The third kappa shape index (κ3) is 7.37. The van der Waals surface area contributed by atoms with Crippen LogP contribution in [0, 0.1) is 0 Å². The molecule has 1 saturated heterocycles. The number of likely N-dealkylation sites (tertiary alicyclic amines) is 1. The Morgan fingerprint density at radius 3 is 2.37 bits per heavy atom. The molecule has 3 amide bonds. The molecule has 1 fully saturated rings. The highest BCUT2D eigenvalue weighted by Gasteiger charge is 2.26. The minimum absolute atomic E-state index is 0.0142. The Morgan fingerprint density at radius 1 is 1.22 bits per heavy atom. The molecule has 1 aromatic rings. The van der Waals surface area contributed by atoms with E-state index in [1.54, 1.807) is 17.0 Å². The van der Waals surface area contributed by atoms with Crippen molar-refractivity contribution in [3.8, 4) is 5.75 Å². The van der Waals surface area contributed by atoms with Gasteiger partial charge in [0.2, 0.25) is 0 Å². The van der Waals surface area contributed by atoms with Crippen LogP contribution in [-0.4, -0.2) is 52.9 Å². The van der Waals surface area contributed by atoms with Crippen LogP contribution in [-0.2, 0) is 11.2 Å². The molecular weight excluding hydrogens is 346 g/mol. The second-order valence-corrected chi connectivity index (χ2v) is 8.13. The second kappa shape index (κ2) is 8.97. The van der Waals surface area contributed by atoms with Crippen LogP contribution in [0.25, 0.3) is 0 Å². The number of hydrogen-bond acceptors (Lipinski definition) is 4. The number of carbonyl (C=O) groups excluding carboxylic acids is 2. The first-order valence-corrected chi connectivity index (χ1v) is 9.45. The quantitative estimate of drug-likeness (QED) is 0.752. The lowest BCUT2D eigenvalue weighted by Crippen LogP contribution is -2.51. The van der Waals surface area contributed by atoms with Crippen molar-refractivity contribution in [2.24, 2.45) is 0 Å². The standard InChI is InChI=1S/C20H31N3O4/c1-14(13-15-5-7-17(24)8-6-15)21-18(25)23-11-9-16(10-12-23)22-19(26)27-20(2,3)4/h5-8,14,16,24H,9-13H2,1-4H3,(H,21,25)(H,22,26)/t14-/m1/s1. The van der Waals surface area contributed by atoms with Gasteiger partial charge < -0.3 is 25.4 Å². The molecule has 0 saturated carbocycles. The summed E-state index contributed by atoms with van der Waals surface area (Å²) in [5.74, 6) is 0.235. The molecule has 0 aliphatic carbocycles. The fourth-order valence-electron chi connectivity index (χ4n) is 3.04. The molecule has 0 spiro atoms. The number of amides is 3. The predicted octanol–water partition coefficient (Wildman–Crippen LogP) is 3.02. The van der Waals surface area contributed by atoms with Crippen LogP contribution >= 0.6 is 0 Å². The van der Waals surface area contributed by atoms with Gasteiger partial charge in [0.1, 0.15) is 11.4 Å². The lowest BCUT2D eigenvalue weighted by Gasteiger charge is -2.33. The number of carbonyl (C=O) groups is 2. The second-order valence-electron chi connectivity index (χ2n) is 8.13. The molecule has 0 aromatic heterocycles. The average molecular weight is 377 g/mol. The van der Waals surface area contributed by atoms with E-state index in [-0.39, 0.29) is 23.9 Å². The van der Waals surface area contributed by atoms with Gasteiger partial charge in [-0.15, -0.1) is 0 Å². The molecule has 0 unspecified atom stereocenters. The Kier molecular flexibility index (Phi) is 6.93. The highest BCUT2D eigenvalue weighted by Crippen LogP contribution is 2.14. The topological polar surface area (TPSA) is 90.9 Å². The summed E-state index contributed by atoms with van der Waals surface area (Å²) in [4.78, 5) is 26.1. The van der Waals surface area contributed by atoms with Gasteiger partial charge in [-0.05, 0) is 64.7 Å². The number of rotatable bonds is 4. The zero-order chi connectivity index (χ0) is 20.0. The molecule has 1 heterocycles. The van der Waals surface area contributed by atoms with E-state index in [4.69, 9.17) is 4.74 Å². The Bertz CT molecular complexity index is 632. The number of aromatic hydroxyl groups is 1. The van der Waals surface area contributed by atoms with Crippen molar-refractivity contribution in [1.29, 1.82) is 0 Å². The number of nitrogens with one attached hydrogen (secondary N) is 2. The molecule has 2 rings (SSSR count). The number of phenolic OH excluding ortho intramolecular Hbond substituents is 1. The highest BCUT2D eigenvalue weighted by molar-refractivity contribution is 5.74. The van der Waals surface area contributed by atoms with Gasteiger partial charge >= 0.3 is 12.1 Å². The predicted molar refractivity (Wildman–Crippen MR) is 104 cm³/mol. The summed E-state index contributed by atoms with van der Waals surface area (Å²) >= 11 is 0. The van der Waals surface area contributed by atoms with Gasteiger partial charge in [0.25, 0.3) is 0 Å². The van der Waals surface area contributed by atoms with Gasteiger partial charge in [-0.25, -0.2) is 9.59 Å². The monoisotopic (exact) mass is 377 g/mol. The van der Waals surface area contributed by atoms with E-state index in [0.29, 0.717) is 32.4 Å². The molecule has 27 heavy (non-hydrogen) atoms. The molecule has 1 aliphatic rings. The molecule has 7 nitrogen and oxygen atoms in total. The number of ether oxygens (including phenoxy) is 1. The molecule has 7 heteroatoms. The van der Waals surface area contributed by atoms with Crippen LogP contribution in [0.3, 0.4) is 0 Å². The molecule has 1 aromatic carbocycles. The minimum Gasteiger partial charge on any atom is -0.508 e. The van der Waals surface area contributed by atoms with E-state index in [1.165, 1.54) is 0 Å². The van der Waals surface area contributed by atoms with E-state index in [2.05, 4.69) is 10.6 Å². The summed E-state index contributed by atoms with van der Waals surface area (Å²) in [6, 6.07) is 6.92. The van der Waals surface area contributed by atoms with Gasteiger partial charge in [-0.2, -0.15) is 0 Å². The maximum atomic E-state index is 12.4. The van der Waals surface area contributed by atoms with E-state index < -0.39 is 11.7 Å². The molecule has 3 N–H and O–H groups in total. The first kappa shape index (κ1) is 20.9. The largest absolute Gasteiger partial charge is 0.508 e. The summed E-state index contributed by atoms with van der Waals surface area (Å²) in [7, 11) is 0. The summed E-state index contributed by atoms with van der Waals surface area (Å²) in [5, 5.41) is 15.2. The van der Waals surface area contributed by atoms with Gasteiger partial charge in [0, 0.05) is 25.2 Å². The number of phenols is 1. The average Bonchev–Trinajstić information content (AvgIpc) is 2.55. The summed E-state index contributed by atoms with van der Waals surface area (Å²) in [5.41, 5.74) is 0.541. The minimum atomic E-state index is -0.516. The fourth-order valence-corrected chi connectivity index (χ4v) is 3.04. The first-order chi connectivity index (χ1) is 12.6. The van der Waals surface area contributed by atoms with E-state index in [1.807, 2.05) is 39.8 Å². The summed E-state index contributed by atoms with van der Waals surface area (Å²) in [6.45, 7) is 8.65. The number of piperidine rings is 1. The van der Waals surface area contributed by atoms with E-state index >= 15 is 0 Å². The van der Waals surface area contributed by atoms with Crippen LogP contribution in [0.15, 0.2) is 24.3 Å². The lowest BCUT2D eigenvalue weighted by atomic mass is 10.1. The van der Waals surface area contributed by atoms with Gasteiger partial charge in [-0.1, -0.05) is 12.1 Å². The number of hydrogen-bond donors (Lipinski definition) is 3. The smallest absolute Gasteiger partial charge is 0.407 e. The van der Waals surface area contributed by atoms with Crippen molar-refractivity contribution in [3.05, 3.63) is 29.8 Å². The van der Waals surface area contributed by atoms with Gasteiger partial charge in [-0.3, -0.25) is 0 Å². The molecule has 1 atom stereocenters. The first-order valence-electron chi connectivity index (χ1n) is 9.45. The summed E-state index contributed by atoms with van der Waals surface area (Å²) < 4.78 is 5.27. The SMILES string of the molecule is C[C@H](Cc1ccc(O)cc1)NC(=O)N1CCC(NC(=O)OC(C)(C)C)CC1. The maximum Gasteiger partial charge on any atom is 0.407 e. The van der Waals surface area contributed by atoms with Crippen molar-refractivity contribution >= 4 is 12.1 Å². The van der Waals surface area contributed by atoms with Crippen molar-refractivity contribution in [2.45, 2.75) is 64.6 Å². The Morgan fingerprint density at radius 2 is 1.81 bits per heavy atom. The maximum absolute atomic E-state index is 12.4. The van der Waals surface area contributed by atoms with Crippen LogP contribution < -0.4 is 10.6 Å². The summed E-state index contributed by atoms with van der Waals surface area (Å²) in [6.07, 6.45) is 1.70. The Hall–Kier alpha value is -2.44. The lowest BCUT2D eigenvalue weighted by molar-refractivity contribution is 0.0485. The van der Waals surface area contributed by atoms with Crippen molar-refractivity contribution in [3.63, 3.8) is 0 Å². The molecule has 150 valence electrons. The Labute approximate surface area is 161 Å². The van der Waals surface area contributed by atoms with Crippen LogP contribution in [0.2, 0.25) is 0 Å². The van der Waals surface area contributed by atoms with Crippen molar-refractivity contribution < 1.29 is 19.4 Å². The number of nitrogens with zero attached hydrogens (tertiary/aromatic N) is 1. The van der Waals surface area contributed by atoms with Crippen LogP contribution in [0.4, 0.5) is 9.59 Å². The zero-order valence-electron chi connectivity index (χ0n) is 16.6. The molecule has 0 bridgehead atoms. The van der Waals surface area contributed by atoms with Crippen molar-refractivity contribution in [2.75, 3.05) is 13.1 Å².